The topological polar surface area (TPSA) is 78.1 Å². The zero-order valence-electron chi connectivity index (χ0n) is 12.4. The van der Waals surface area contributed by atoms with Crippen molar-refractivity contribution in [2.45, 2.75) is 25.4 Å². The highest BCUT2D eigenvalue weighted by molar-refractivity contribution is 7.88. The number of rotatable bonds is 5. The minimum absolute atomic E-state index is 0.000777. The third-order valence-electron chi connectivity index (χ3n) is 3.77. The van der Waals surface area contributed by atoms with Crippen LogP contribution in [-0.2, 0) is 16.6 Å². The first kappa shape index (κ1) is 15.7. The molecule has 1 fully saturated rings. The molecular weight excluding hydrogens is 320 g/mol. The largest absolute Gasteiger partial charge is 0.297 e. The first-order valence-electron chi connectivity index (χ1n) is 7.27. The SMILES string of the molecule is CS(=O)(=O)N[C@H]1CCCN(Cc2cn[nH]c2-c2cccs2)C1. The quantitative estimate of drug-likeness (QED) is 0.867. The van der Waals surface area contributed by atoms with Crippen molar-refractivity contribution in [3.63, 3.8) is 0 Å². The highest BCUT2D eigenvalue weighted by Crippen LogP contribution is 2.27. The lowest BCUT2D eigenvalue weighted by Gasteiger charge is -2.32. The molecule has 0 amide bonds. The number of hydrogen-bond donors (Lipinski definition) is 2. The summed E-state index contributed by atoms with van der Waals surface area (Å²) in [4.78, 5) is 3.46. The van der Waals surface area contributed by atoms with Crippen molar-refractivity contribution >= 4 is 21.4 Å². The summed E-state index contributed by atoms with van der Waals surface area (Å²) in [7, 11) is -3.15. The average molecular weight is 340 g/mol. The molecule has 1 atom stereocenters. The number of hydrogen-bond acceptors (Lipinski definition) is 5. The minimum atomic E-state index is -3.15. The molecule has 0 radical (unpaired) electrons. The second kappa shape index (κ2) is 6.49. The number of nitrogens with one attached hydrogen (secondary N) is 2. The van der Waals surface area contributed by atoms with Crippen LogP contribution >= 0.6 is 11.3 Å². The smallest absolute Gasteiger partial charge is 0.208 e. The Morgan fingerprint density at radius 1 is 1.55 bits per heavy atom. The van der Waals surface area contributed by atoms with Gasteiger partial charge in [0, 0.05) is 24.7 Å². The Labute approximate surface area is 134 Å². The first-order chi connectivity index (χ1) is 10.5. The van der Waals surface area contributed by atoms with E-state index in [9.17, 15) is 8.42 Å². The van der Waals surface area contributed by atoms with Crippen LogP contribution in [0.4, 0.5) is 0 Å². The highest BCUT2D eigenvalue weighted by atomic mass is 32.2. The van der Waals surface area contributed by atoms with Gasteiger partial charge in [-0.1, -0.05) is 6.07 Å². The van der Waals surface area contributed by atoms with Gasteiger partial charge in [-0.2, -0.15) is 5.10 Å². The molecule has 1 aliphatic heterocycles. The molecule has 0 unspecified atom stereocenters. The maximum atomic E-state index is 11.4. The number of aromatic amines is 1. The number of nitrogens with zero attached hydrogens (tertiary/aromatic N) is 2. The van der Waals surface area contributed by atoms with Gasteiger partial charge in [-0.05, 0) is 30.8 Å². The van der Waals surface area contributed by atoms with Crippen molar-refractivity contribution in [1.29, 1.82) is 0 Å². The lowest BCUT2D eigenvalue weighted by atomic mass is 10.1. The fourth-order valence-corrected chi connectivity index (χ4v) is 4.46. The van der Waals surface area contributed by atoms with Gasteiger partial charge >= 0.3 is 0 Å². The predicted octanol–water partition coefficient (Wildman–Crippen LogP) is 1.65. The van der Waals surface area contributed by atoms with E-state index >= 15 is 0 Å². The molecular formula is C14H20N4O2S2. The van der Waals surface area contributed by atoms with Crippen LogP contribution in [0.5, 0.6) is 0 Å². The molecule has 0 aliphatic carbocycles. The van der Waals surface area contributed by atoms with Gasteiger partial charge in [0.25, 0.3) is 0 Å². The summed E-state index contributed by atoms with van der Waals surface area (Å²) in [6, 6.07) is 4.10. The fourth-order valence-electron chi connectivity index (χ4n) is 2.90. The van der Waals surface area contributed by atoms with Crippen LogP contribution < -0.4 is 4.72 Å². The van der Waals surface area contributed by atoms with Gasteiger partial charge in [0.1, 0.15) is 0 Å². The van der Waals surface area contributed by atoms with E-state index in [0.29, 0.717) is 0 Å². The summed E-state index contributed by atoms with van der Waals surface area (Å²) in [6.45, 7) is 2.50. The fraction of sp³-hybridized carbons (Fsp3) is 0.500. The Bertz CT molecular complexity index is 709. The molecule has 0 bridgehead atoms. The molecule has 0 spiro atoms. The third-order valence-corrected chi connectivity index (χ3v) is 5.41. The lowest BCUT2D eigenvalue weighted by molar-refractivity contribution is 0.195. The zero-order valence-corrected chi connectivity index (χ0v) is 14.1. The summed E-state index contributed by atoms with van der Waals surface area (Å²) in [6.07, 6.45) is 4.98. The Kier molecular flexibility index (Phi) is 4.62. The van der Waals surface area contributed by atoms with Gasteiger partial charge in [-0.3, -0.25) is 10.00 Å². The number of piperidine rings is 1. The van der Waals surface area contributed by atoms with E-state index in [1.54, 1.807) is 11.3 Å². The van der Waals surface area contributed by atoms with E-state index in [1.807, 2.05) is 17.6 Å². The molecule has 2 aromatic heterocycles. The van der Waals surface area contributed by atoms with Gasteiger partial charge in [-0.15, -0.1) is 11.3 Å². The maximum Gasteiger partial charge on any atom is 0.208 e. The summed E-state index contributed by atoms with van der Waals surface area (Å²) in [5.74, 6) is 0. The number of thiophene rings is 1. The van der Waals surface area contributed by atoms with Crippen molar-refractivity contribution in [2.75, 3.05) is 19.3 Å². The van der Waals surface area contributed by atoms with Crippen LogP contribution in [0.15, 0.2) is 23.7 Å². The van der Waals surface area contributed by atoms with E-state index < -0.39 is 10.0 Å². The maximum absolute atomic E-state index is 11.4. The molecule has 3 rings (SSSR count). The van der Waals surface area contributed by atoms with E-state index in [1.165, 1.54) is 11.1 Å². The van der Waals surface area contributed by atoms with Gasteiger partial charge < -0.3 is 0 Å². The third kappa shape index (κ3) is 3.95. The zero-order chi connectivity index (χ0) is 15.6. The molecule has 0 aromatic carbocycles. The molecule has 120 valence electrons. The summed E-state index contributed by atoms with van der Waals surface area (Å²) in [5.41, 5.74) is 2.22. The predicted molar refractivity (Wildman–Crippen MR) is 88.2 cm³/mol. The molecule has 3 heterocycles. The van der Waals surface area contributed by atoms with Crippen LogP contribution in [-0.4, -0.2) is 48.9 Å². The van der Waals surface area contributed by atoms with Crippen LogP contribution in [0.1, 0.15) is 18.4 Å². The Balaban J connectivity index is 1.68. The van der Waals surface area contributed by atoms with Crippen molar-refractivity contribution in [3.05, 3.63) is 29.3 Å². The minimum Gasteiger partial charge on any atom is -0.297 e. The Morgan fingerprint density at radius 2 is 2.41 bits per heavy atom. The van der Waals surface area contributed by atoms with Crippen LogP contribution in [0, 0.1) is 0 Å². The van der Waals surface area contributed by atoms with Crippen LogP contribution in [0.2, 0.25) is 0 Å². The number of likely N-dealkylation sites (tertiary alicyclic amines) is 1. The Hall–Kier alpha value is -1.22. The van der Waals surface area contributed by atoms with Crippen LogP contribution in [0.25, 0.3) is 10.6 Å². The van der Waals surface area contributed by atoms with Crippen LogP contribution in [0.3, 0.4) is 0 Å². The van der Waals surface area contributed by atoms with Gasteiger partial charge in [-0.25, -0.2) is 13.1 Å². The number of sulfonamides is 1. The summed E-state index contributed by atoms with van der Waals surface area (Å²) in [5, 5.41) is 9.28. The van der Waals surface area contributed by atoms with Crippen molar-refractivity contribution < 1.29 is 8.42 Å². The van der Waals surface area contributed by atoms with Crippen molar-refractivity contribution in [3.8, 4) is 10.6 Å². The molecule has 1 aliphatic rings. The van der Waals surface area contributed by atoms with Crippen molar-refractivity contribution in [2.24, 2.45) is 0 Å². The number of aromatic nitrogens is 2. The molecule has 6 nitrogen and oxygen atoms in total. The first-order valence-corrected chi connectivity index (χ1v) is 10.0. The lowest BCUT2D eigenvalue weighted by Crippen LogP contribution is -2.46. The van der Waals surface area contributed by atoms with Gasteiger partial charge in [0.2, 0.25) is 10.0 Å². The molecule has 22 heavy (non-hydrogen) atoms. The molecule has 2 aromatic rings. The standard InChI is InChI=1S/C14H20N4O2S2/c1-22(19,20)17-12-4-2-6-18(10-12)9-11-8-15-16-14(11)13-5-3-7-21-13/h3,5,7-8,12,17H,2,4,6,9-10H2,1H3,(H,15,16)/t12-/m0/s1. The molecule has 0 saturated carbocycles. The second-order valence-electron chi connectivity index (χ2n) is 5.71. The van der Waals surface area contributed by atoms with Crippen molar-refractivity contribution in [1.82, 2.24) is 19.8 Å². The highest BCUT2D eigenvalue weighted by Gasteiger charge is 2.23. The normalized spacial score (nSPS) is 20.3. The molecule has 8 heteroatoms. The van der Waals surface area contributed by atoms with E-state index in [2.05, 4.69) is 25.9 Å². The van der Waals surface area contributed by atoms with Gasteiger partial charge in [0.15, 0.2) is 0 Å². The summed E-state index contributed by atoms with van der Waals surface area (Å²) < 4.78 is 25.5. The monoisotopic (exact) mass is 340 g/mol. The second-order valence-corrected chi connectivity index (χ2v) is 8.44. The molecule has 1 saturated heterocycles. The van der Waals surface area contributed by atoms with E-state index in [0.717, 1.165) is 43.7 Å². The Morgan fingerprint density at radius 3 is 3.14 bits per heavy atom. The van der Waals surface area contributed by atoms with E-state index in [4.69, 9.17) is 0 Å². The molecule has 2 N–H and O–H groups in total. The van der Waals surface area contributed by atoms with E-state index in [-0.39, 0.29) is 6.04 Å². The average Bonchev–Trinajstić information content (AvgIpc) is 3.07. The summed E-state index contributed by atoms with van der Waals surface area (Å²) >= 11 is 1.68. The number of H-pyrrole nitrogens is 1. The van der Waals surface area contributed by atoms with Gasteiger partial charge in [0.05, 0.1) is 23.0 Å².